The van der Waals surface area contributed by atoms with Crippen LogP contribution in [0.5, 0.6) is 0 Å². The number of rotatable bonds is 7. The second-order valence-electron chi connectivity index (χ2n) is 7.77. The molecule has 0 spiro atoms. The van der Waals surface area contributed by atoms with Crippen molar-refractivity contribution in [3.63, 3.8) is 0 Å². The number of benzene rings is 1. The highest BCUT2D eigenvalue weighted by Gasteiger charge is 2.21. The Balaban J connectivity index is 1.44. The molecule has 29 heavy (non-hydrogen) atoms. The van der Waals surface area contributed by atoms with E-state index in [0.717, 1.165) is 42.1 Å². The van der Waals surface area contributed by atoms with Crippen LogP contribution in [0.3, 0.4) is 0 Å². The van der Waals surface area contributed by atoms with E-state index in [-0.39, 0.29) is 11.9 Å². The van der Waals surface area contributed by atoms with Crippen molar-refractivity contribution >= 4 is 11.7 Å². The van der Waals surface area contributed by atoms with E-state index in [1.807, 2.05) is 32.0 Å². The molecule has 1 saturated heterocycles. The summed E-state index contributed by atoms with van der Waals surface area (Å²) >= 11 is 0. The summed E-state index contributed by atoms with van der Waals surface area (Å²) < 4.78 is 1.74. The van der Waals surface area contributed by atoms with E-state index in [4.69, 9.17) is 0 Å². The Kier molecular flexibility index (Phi) is 5.85. The third kappa shape index (κ3) is 4.45. The number of aryl methyl sites for hydroxylation is 2. The number of nitrogens with one attached hydrogen (secondary N) is 1. The number of aromatic nitrogens is 4. The van der Waals surface area contributed by atoms with E-state index in [2.05, 4.69) is 37.4 Å². The van der Waals surface area contributed by atoms with Gasteiger partial charge in [-0.3, -0.25) is 4.79 Å². The first-order valence-corrected chi connectivity index (χ1v) is 10.3. The minimum absolute atomic E-state index is 0.0138. The second-order valence-corrected chi connectivity index (χ2v) is 7.77. The van der Waals surface area contributed by atoms with Gasteiger partial charge < -0.3 is 10.2 Å². The summed E-state index contributed by atoms with van der Waals surface area (Å²) in [4.78, 5) is 23.9. The zero-order valence-corrected chi connectivity index (χ0v) is 17.1. The molecule has 3 heterocycles. The number of likely N-dealkylation sites (tertiary alicyclic amines) is 1. The van der Waals surface area contributed by atoms with Crippen molar-refractivity contribution in [2.45, 2.75) is 45.6 Å². The maximum absolute atomic E-state index is 12.8. The fourth-order valence-corrected chi connectivity index (χ4v) is 4.17. The van der Waals surface area contributed by atoms with Crippen LogP contribution in [0.25, 0.3) is 5.78 Å². The van der Waals surface area contributed by atoms with Gasteiger partial charge in [-0.05, 0) is 57.3 Å². The topological polar surface area (TPSA) is 75.4 Å². The van der Waals surface area contributed by atoms with Crippen LogP contribution >= 0.6 is 0 Å². The average molecular weight is 393 g/mol. The van der Waals surface area contributed by atoms with Crippen LogP contribution < -0.4 is 5.32 Å². The fraction of sp³-hybridized carbons (Fsp3) is 0.455. The molecular weight excluding hydrogens is 364 g/mol. The summed E-state index contributed by atoms with van der Waals surface area (Å²) in [5.41, 5.74) is 4.13. The fourth-order valence-electron chi connectivity index (χ4n) is 4.17. The Morgan fingerprint density at radius 3 is 2.69 bits per heavy atom. The number of nitrogens with zero attached hydrogens (tertiary/aromatic N) is 5. The SMILES string of the molecule is Cc1nc2ncnn2c(C)c1CCC(=O)NC(CN1CCCC1)c1ccccc1. The largest absolute Gasteiger partial charge is 0.348 e. The Bertz CT molecular complexity index is 978. The van der Waals surface area contributed by atoms with Gasteiger partial charge in [0.1, 0.15) is 6.33 Å². The lowest BCUT2D eigenvalue weighted by atomic mass is 10.0. The zero-order valence-electron chi connectivity index (χ0n) is 17.1. The van der Waals surface area contributed by atoms with Crippen molar-refractivity contribution in [2.24, 2.45) is 0 Å². The molecule has 1 N–H and O–H groups in total. The van der Waals surface area contributed by atoms with E-state index in [1.54, 1.807) is 4.52 Å². The maximum Gasteiger partial charge on any atom is 0.252 e. The molecule has 1 unspecified atom stereocenters. The van der Waals surface area contributed by atoms with Crippen LogP contribution in [0.2, 0.25) is 0 Å². The van der Waals surface area contributed by atoms with Gasteiger partial charge in [0, 0.05) is 24.4 Å². The summed E-state index contributed by atoms with van der Waals surface area (Å²) in [6, 6.07) is 10.3. The van der Waals surface area contributed by atoms with Crippen molar-refractivity contribution < 1.29 is 4.79 Å². The highest BCUT2D eigenvalue weighted by Crippen LogP contribution is 2.19. The van der Waals surface area contributed by atoms with Gasteiger partial charge in [-0.1, -0.05) is 30.3 Å². The molecule has 1 amide bonds. The second kappa shape index (κ2) is 8.69. The highest BCUT2D eigenvalue weighted by molar-refractivity contribution is 5.76. The predicted octanol–water partition coefficient (Wildman–Crippen LogP) is 2.63. The molecule has 1 atom stereocenters. The average Bonchev–Trinajstić information content (AvgIpc) is 3.40. The molecule has 152 valence electrons. The molecule has 0 radical (unpaired) electrons. The molecule has 0 saturated carbocycles. The van der Waals surface area contributed by atoms with E-state index >= 15 is 0 Å². The zero-order chi connectivity index (χ0) is 20.2. The lowest BCUT2D eigenvalue weighted by molar-refractivity contribution is -0.121. The molecule has 0 bridgehead atoms. The number of hydrogen-bond donors (Lipinski definition) is 1. The first-order chi connectivity index (χ1) is 14.1. The highest BCUT2D eigenvalue weighted by atomic mass is 16.1. The van der Waals surface area contributed by atoms with E-state index in [0.29, 0.717) is 18.6 Å². The normalized spacial score (nSPS) is 15.7. The summed E-state index contributed by atoms with van der Waals surface area (Å²) in [6.45, 7) is 7.06. The van der Waals surface area contributed by atoms with Crippen molar-refractivity contribution in [2.75, 3.05) is 19.6 Å². The maximum atomic E-state index is 12.8. The molecule has 1 aliphatic heterocycles. The van der Waals surface area contributed by atoms with E-state index in [1.165, 1.54) is 19.2 Å². The lowest BCUT2D eigenvalue weighted by Crippen LogP contribution is -2.37. The van der Waals surface area contributed by atoms with Gasteiger partial charge in [0.2, 0.25) is 5.91 Å². The molecule has 0 aliphatic carbocycles. The molecule has 7 nitrogen and oxygen atoms in total. The Morgan fingerprint density at radius 1 is 1.17 bits per heavy atom. The molecular formula is C22H28N6O. The van der Waals surface area contributed by atoms with Crippen molar-refractivity contribution in [3.05, 3.63) is 59.2 Å². The van der Waals surface area contributed by atoms with E-state index in [9.17, 15) is 4.79 Å². The first kappa shape index (κ1) is 19.5. The van der Waals surface area contributed by atoms with Gasteiger partial charge >= 0.3 is 0 Å². The van der Waals surface area contributed by atoms with Gasteiger partial charge in [0.05, 0.1) is 6.04 Å². The summed E-state index contributed by atoms with van der Waals surface area (Å²) in [5.74, 6) is 0.665. The smallest absolute Gasteiger partial charge is 0.252 e. The minimum Gasteiger partial charge on any atom is -0.348 e. The quantitative estimate of drug-likeness (QED) is 0.669. The standard InChI is InChI=1S/C22H28N6O/c1-16-19(17(2)28-22(25-16)23-15-24-28)10-11-21(29)26-20(14-27-12-6-7-13-27)18-8-4-3-5-9-18/h3-5,8-9,15,20H,6-7,10-14H2,1-2H3,(H,26,29). The molecule has 1 aliphatic rings. The number of carbonyl (C=O) groups is 1. The number of carbonyl (C=O) groups excluding carboxylic acids is 1. The molecule has 3 aromatic rings. The van der Waals surface area contributed by atoms with E-state index < -0.39 is 0 Å². The predicted molar refractivity (Wildman–Crippen MR) is 112 cm³/mol. The lowest BCUT2D eigenvalue weighted by Gasteiger charge is -2.25. The molecule has 7 heteroatoms. The molecule has 4 rings (SSSR count). The Hall–Kier alpha value is -2.80. The minimum atomic E-state index is 0.0138. The van der Waals surface area contributed by atoms with Crippen LogP contribution in [-0.2, 0) is 11.2 Å². The van der Waals surface area contributed by atoms with Gasteiger partial charge in [-0.2, -0.15) is 10.1 Å². The summed E-state index contributed by atoms with van der Waals surface area (Å²) in [7, 11) is 0. The van der Waals surface area contributed by atoms with Gasteiger partial charge in [0.25, 0.3) is 5.78 Å². The van der Waals surface area contributed by atoms with Crippen molar-refractivity contribution in [1.29, 1.82) is 0 Å². The Labute approximate surface area is 171 Å². The van der Waals surface area contributed by atoms with Crippen LogP contribution in [0.4, 0.5) is 0 Å². The van der Waals surface area contributed by atoms with Crippen molar-refractivity contribution in [1.82, 2.24) is 29.8 Å². The molecule has 1 fully saturated rings. The van der Waals surface area contributed by atoms with Crippen LogP contribution in [0.1, 0.15) is 47.8 Å². The number of hydrogen-bond acceptors (Lipinski definition) is 5. The van der Waals surface area contributed by atoms with Crippen LogP contribution in [0.15, 0.2) is 36.7 Å². The van der Waals surface area contributed by atoms with Crippen molar-refractivity contribution in [3.8, 4) is 0 Å². The van der Waals surface area contributed by atoms with Gasteiger partial charge in [-0.15, -0.1) is 0 Å². The van der Waals surface area contributed by atoms with Gasteiger partial charge in [0.15, 0.2) is 0 Å². The summed E-state index contributed by atoms with van der Waals surface area (Å²) in [6.07, 6.45) is 5.05. The van der Waals surface area contributed by atoms with Crippen LogP contribution in [0, 0.1) is 13.8 Å². The molecule has 2 aromatic heterocycles. The monoisotopic (exact) mass is 392 g/mol. The Morgan fingerprint density at radius 2 is 1.93 bits per heavy atom. The third-order valence-corrected chi connectivity index (χ3v) is 5.77. The third-order valence-electron chi connectivity index (χ3n) is 5.77. The molecule has 1 aromatic carbocycles. The van der Waals surface area contributed by atoms with Crippen LogP contribution in [-0.4, -0.2) is 50.0 Å². The van der Waals surface area contributed by atoms with Gasteiger partial charge in [-0.25, -0.2) is 9.50 Å². The first-order valence-electron chi connectivity index (χ1n) is 10.3. The summed E-state index contributed by atoms with van der Waals surface area (Å²) in [5, 5.41) is 7.50. The number of fused-ring (bicyclic) bond motifs is 1. The number of amides is 1.